The summed E-state index contributed by atoms with van der Waals surface area (Å²) in [7, 11) is 0. The topological polar surface area (TPSA) is 72.2 Å². The molecule has 31 heavy (non-hydrogen) atoms. The van der Waals surface area contributed by atoms with Crippen LogP contribution in [0.1, 0.15) is 34.6 Å². The molecule has 170 valence electrons. The molecule has 0 spiro atoms. The van der Waals surface area contributed by atoms with Crippen molar-refractivity contribution in [3.63, 3.8) is 0 Å². The van der Waals surface area contributed by atoms with Gasteiger partial charge in [0, 0.05) is 5.56 Å². The van der Waals surface area contributed by atoms with Crippen LogP contribution < -0.4 is 11.1 Å². The van der Waals surface area contributed by atoms with E-state index in [4.69, 9.17) is 17.3 Å². The lowest BCUT2D eigenvalue weighted by Crippen LogP contribution is -2.50. The SMILES string of the molecule is CC(C)(C(N)=O)c1ccsc1C(=O)Nc1ccc(C(F)(C(F)(F)F)C(F)(F)F)cc1Cl. The Morgan fingerprint density at radius 1 is 1.00 bits per heavy atom. The Hall–Kier alpha value is -2.34. The summed E-state index contributed by atoms with van der Waals surface area (Å²) in [5.74, 6) is -1.58. The summed E-state index contributed by atoms with van der Waals surface area (Å²) in [5.41, 5.74) is -3.46. The van der Waals surface area contributed by atoms with E-state index in [9.17, 15) is 40.3 Å². The first-order valence-electron chi connectivity index (χ1n) is 8.26. The predicted molar refractivity (Wildman–Crippen MR) is 101 cm³/mol. The molecule has 0 unspecified atom stereocenters. The third-order valence-electron chi connectivity index (χ3n) is 4.56. The Labute approximate surface area is 180 Å². The smallest absolute Gasteiger partial charge is 0.369 e. The highest BCUT2D eigenvalue weighted by Gasteiger charge is 2.73. The third kappa shape index (κ3) is 4.36. The number of carbonyl (C=O) groups excluding carboxylic acids is 2. The van der Waals surface area contributed by atoms with Crippen LogP contribution in [0.3, 0.4) is 0 Å². The monoisotopic (exact) mass is 490 g/mol. The van der Waals surface area contributed by atoms with Crippen LogP contribution >= 0.6 is 22.9 Å². The number of carbonyl (C=O) groups is 2. The van der Waals surface area contributed by atoms with Crippen LogP contribution in [0.15, 0.2) is 29.6 Å². The van der Waals surface area contributed by atoms with Gasteiger partial charge in [-0.15, -0.1) is 11.3 Å². The van der Waals surface area contributed by atoms with Crippen LogP contribution in [0, 0.1) is 0 Å². The number of primary amides is 1. The van der Waals surface area contributed by atoms with Crippen molar-refractivity contribution in [1.82, 2.24) is 0 Å². The van der Waals surface area contributed by atoms with Gasteiger partial charge in [-0.05, 0) is 43.0 Å². The van der Waals surface area contributed by atoms with E-state index in [0.717, 1.165) is 11.3 Å². The number of hydrogen-bond acceptors (Lipinski definition) is 3. The first-order valence-corrected chi connectivity index (χ1v) is 9.52. The van der Waals surface area contributed by atoms with E-state index in [1.807, 2.05) is 0 Å². The van der Waals surface area contributed by atoms with Crippen LogP contribution in [0.4, 0.5) is 36.4 Å². The van der Waals surface area contributed by atoms with Crippen molar-refractivity contribution in [2.45, 2.75) is 37.3 Å². The number of nitrogens with two attached hydrogens (primary N) is 1. The maximum atomic E-state index is 14.2. The lowest BCUT2D eigenvalue weighted by atomic mass is 9.84. The maximum Gasteiger partial charge on any atom is 0.435 e. The number of amides is 2. The minimum absolute atomic E-state index is 0.0226. The molecule has 1 aromatic heterocycles. The second-order valence-electron chi connectivity index (χ2n) is 6.96. The van der Waals surface area contributed by atoms with E-state index in [1.54, 1.807) is 0 Å². The Morgan fingerprint density at radius 2 is 1.55 bits per heavy atom. The van der Waals surface area contributed by atoms with Crippen LogP contribution in [0.2, 0.25) is 5.02 Å². The standard InChI is InChI=1S/C18H14ClF7N2O2S/c1-15(2,14(27)30)9-5-6-31-12(9)13(29)28-11-4-3-8(7-10(11)19)16(20,17(21,22)23)18(24,25)26/h3-7H,1-2H3,(H2,27,30)(H,28,29). The molecule has 0 saturated carbocycles. The molecule has 13 heteroatoms. The zero-order valence-corrected chi connectivity index (χ0v) is 17.3. The zero-order valence-electron chi connectivity index (χ0n) is 15.7. The molecular formula is C18H14ClF7N2O2S. The number of halogens is 8. The van der Waals surface area contributed by atoms with Crippen molar-refractivity contribution in [2.75, 3.05) is 5.32 Å². The van der Waals surface area contributed by atoms with Crippen LogP contribution in [0.5, 0.6) is 0 Å². The molecule has 3 N–H and O–H groups in total. The molecule has 0 saturated heterocycles. The van der Waals surface area contributed by atoms with Gasteiger partial charge in [0.25, 0.3) is 5.91 Å². The van der Waals surface area contributed by atoms with Crippen molar-refractivity contribution in [3.05, 3.63) is 50.7 Å². The lowest BCUT2D eigenvalue weighted by molar-refractivity contribution is -0.348. The summed E-state index contributed by atoms with van der Waals surface area (Å²) in [6.07, 6.45) is -12.6. The molecule has 2 aromatic rings. The minimum Gasteiger partial charge on any atom is -0.369 e. The fourth-order valence-corrected chi connectivity index (χ4v) is 3.78. The molecule has 0 aliphatic rings. The number of nitrogens with one attached hydrogen (secondary N) is 1. The van der Waals surface area contributed by atoms with Crippen molar-refractivity contribution in [2.24, 2.45) is 5.73 Å². The number of alkyl halides is 7. The van der Waals surface area contributed by atoms with Crippen molar-refractivity contribution in [1.29, 1.82) is 0 Å². The van der Waals surface area contributed by atoms with E-state index in [1.165, 1.54) is 25.3 Å². The molecule has 0 bridgehead atoms. The van der Waals surface area contributed by atoms with E-state index in [2.05, 4.69) is 5.32 Å². The van der Waals surface area contributed by atoms with Crippen molar-refractivity contribution < 1.29 is 40.3 Å². The fourth-order valence-electron chi connectivity index (χ4n) is 2.61. The van der Waals surface area contributed by atoms with Crippen LogP contribution in [-0.4, -0.2) is 24.2 Å². The van der Waals surface area contributed by atoms with Gasteiger partial charge in [-0.3, -0.25) is 9.59 Å². The summed E-state index contributed by atoms with van der Waals surface area (Å²) in [4.78, 5) is 24.2. The van der Waals surface area contributed by atoms with Crippen molar-refractivity contribution in [3.8, 4) is 0 Å². The molecule has 0 fully saturated rings. The molecule has 2 amide bonds. The average Bonchev–Trinajstić information content (AvgIpc) is 3.11. The normalized spacial score (nSPS) is 13.2. The maximum absolute atomic E-state index is 14.2. The zero-order chi connectivity index (χ0) is 24.0. The summed E-state index contributed by atoms with van der Waals surface area (Å²) in [6, 6.07) is 2.46. The molecule has 0 aliphatic heterocycles. The van der Waals surface area contributed by atoms with Gasteiger partial charge in [-0.2, -0.15) is 26.3 Å². The van der Waals surface area contributed by atoms with Gasteiger partial charge in [0.2, 0.25) is 5.91 Å². The molecule has 0 radical (unpaired) electrons. The number of benzene rings is 1. The Bertz CT molecular complexity index is 1000. The number of thiophene rings is 1. The van der Waals surface area contributed by atoms with E-state index in [0.29, 0.717) is 6.07 Å². The number of hydrogen-bond donors (Lipinski definition) is 2. The molecule has 0 atom stereocenters. The highest BCUT2D eigenvalue weighted by atomic mass is 35.5. The summed E-state index contributed by atoms with van der Waals surface area (Å²) < 4.78 is 91.5. The summed E-state index contributed by atoms with van der Waals surface area (Å²) in [6.45, 7) is 2.93. The van der Waals surface area contributed by atoms with E-state index < -0.39 is 45.8 Å². The minimum atomic E-state index is -6.30. The Morgan fingerprint density at radius 3 is 2.00 bits per heavy atom. The van der Waals surface area contributed by atoms with Gasteiger partial charge in [-0.1, -0.05) is 17.7 Å². The highest BCUT2D eigenvalue weighted by Crippen LogP contribution is 2.53. The molecule has 2 rings (SSSR count). The summed E-state index contributed by atoms with van der Waals surface area (Å²) in [5, 5.41) is 2.96. The van der Waals surface area contributed by atoms with E-state index >= 15 is 0 Å². The van der Waals surface area contributed by atoms with Gasteiger partial charge in [0.1, 0.15) is 0 Å². The van der Waals surface area contributed by atoms with Gasteiger partial charge in [0.15, 0.2) is 0 Å². The van der Waals surface area contributed by atoms with Gasteiger partial charge in [-0.25, -0.2) is 4.39 Å². The van der Waals surface area contributed by atoms with Crippen LogP contribution in [-0.2, 0) is 15.9 Å². The predicted octanol–water partition coefficient (Wildman–Crippen LogP) is 5.71. The molecule has 1 heterocycles. The molecule has 1 aromatic carbocycles. The first kappa shape index (κ1) is 24.9. The van der Waals surface area contributed by atoms with Gasteiger partial charge < -0.3 is 11.1 Å². The lowest BCUT2D eigenvalue weighted by Gasteiger charge is -2.30. The quantitative estimate of drug-likeness (QED) is 0.527. The first-order chi connectivity index (χ1) is 13.9. The molecule has 0 aliphatic carbocycles. The Kier molecular flexibility index (Phi) is 6.41. The van der Waals surface area contributed by atoms with Gasteiger partial charge in [0.05, 0.1) is 21.0 Å². The second-order valence-corrected chi connectivity index (χ2v) is 8.28. The largest absolute Gasteiger partial charge is 0.435 e. The number of rotatable bonds is 5. The third-order valence-corrected chi connectivity index (χ3v) is 5.78. The van der Waals surface area contributed by atoms with Gasteiger partial charge >= 0.3 is 18.0 Å². The average molecular weight is 491 g/mol. The van der Waals surface area contributed by atoms with Crippen LogP contribution in [0.25, 0.3) is 0 Å². The van der Waals surface area contributed by atoms with Crippen molar-refractivity contribution >= 4 is 40.4 Å². The summed E-state index contributed by atoms with van der Waals surface area (Å²) >= 11 is 6.66. The fraction of sp³-hybridized carbons (Fsp3) is 0.333. The highest BCUT2D eigenvalue weighted by molar-refractivity contribution is 7.12. The number of anilines is 1. The molecular weight excluding hydrogens is 477 g/mol. The van der Waals surface area contributed by atoms with E-state index in [-0.39, 0.29) is 28.3 Å². The Balaban J connectivity index is 2.42. The molecule has 4 nitrogen and oxygen atoms in total. The second kappa shape index (κ2) is 7.97.